The first kappa shape index (κ1) is 11.8. The van der Waals surface area contributed by atoms with Gasteiger partial charge in [0.05, 0.1) is 0 Å². The van der Waals surface area contributed by atoms with E-state index in [1.54, 1.807) is 0 Å². The van der Waals surface area contributed by atoms with Crippen LogP contribution in [0.2, 0.25) is 10.0 Å². The predicted octanol–water partition coefficient (Wildman–Crippen LogP) is 4.04. The Bertz CT molecular complexity index is 308. The molecule has 0 heterocycles. The molecule has 0 aromatic heterocycles. The summed E-state index contributed by atoms with van der Waals surface area (Å²) in [4.78, 5) is 0. The molecule has 1 nitrogen and oxygen atoms in total. The second-order valence-electron chi connectivity index (χ2n) is 4.48. The Kier molecular flexibility index (Phi) is 3.46. The van der Waals surface area contributed by atoms with Gasteiger partial charge in [-0.15, -0.1) is 0 Å². The molecule has 1 atom stereocenters. The smallest absolute Gasteiger partial charge is 0.0468 e. The van der Waals surface area contributed by atoms with Crippen molar-refractivity contribution in [2.45, 2.75) is 26.8 Å². The molecular weight excluding hydrogens is 217 g/mol. The van der Waals surface area contributed by atoms with Crippen LogP contribution in [-0.4, -0.2) is 0 Å². The van der Waals surface area contributed by atoms with Crippen molar-refractivity contribution in [3.63, 3.8) is 0 Å². The second kappa shape index (κ2) is 4.09. The molecule has 1 rings (SSSR count). The fourth-order valence-electron chi connectivity index (χ4n) is 1.24. The van der Waals surface area contributed by atoms with Gasteiger partial charge in [0.2, 0.25) is 0 Å². The van der Waals surface area contributed by atoms with Crippen molar-refractivity contribution in [1.82, 2.24) is 0 Å². The van der Waals surface area contributed by atoms with Crippen molar-refractivity contribution in [1.29, 1.82) is 0 Å². The summed E-state index contributed by atoms with van der Waals surface area (Å²) in [5.74, 6) is 0. The van der Waals surface area contributed by atoms with Gasteiger partial charge in [-0.1, -0.05) is 50.0 Å². The highest BCUT2D eigenvalue weighted by Crippen LogP contribution is 2.38. The molecule has 0 saturated carbocycles. The number of halogens is 2. The first-order valence-corrected chi connectivity index (χ1v) is 5.29. The van der Waals surface area contributed by atoms with Gasteiger partial charge in [-0.05, 0) is 17.5 Å². The van der Waals surface area contributed by atoms with Crippen molar-refractivity contribution in [3.8, 4) is 0 Å². The summed E-state index contributed by atoms with van der Waals surface area (Å²) in [5.41, 5.74) is 6.89. The molecule has 3 heteroatoms. The number of rotatable bonds is 1. The highest BCUT2D eigenvalue weighted by molar-refractivity contribution is 6.36. The van der Waals surface area contributed by atoms with E-state index in [-0.39, 0.29) is 11.5 Å². The molecule has 0 fully saturated rings. The SMILES string of the molecule is CC(C)(C)[C@H](N)c1c(Cl)cccc1Cl. The van der Waals surface area contributed by atoms with Gasteiger partial charge in [0, 0.05) is 21.7 Å². The molecule has 14 heavy (non-hydrogen) atoms. The zero-order chi connectivity index (χ0) is 10.9. The van der Waals surface area contributed by atoms with Crippen molar-refractivity contribution in [3.05, 3.63) is 33.8 Å². The number of nitrogens with two attached hydrogens (primary N) is 1. The molecule has 0 amide bonds. The van der Waals surface area contributed by atoms with Crippen molar-refractivity contribution >= 4 is 23.2 Å². The molecule has 1 aromatic rings. The van der Waals surface area contributed by atoms with E-state index in [0.717, 1.165) is 5.56 Å². The minimum Gasteiger partial charge on any atom is -0.323 e. The van der Waals surface area contributed by atoms with Crippen LogP contribution in [-0.2, 0) is 0 Å². The van der Waals surface area contributed by atoms with Gasteiger partial charge >= 0.3 is 0 Å². The van der Waals surface area contributed by atoms with Crippen LogP contribution in [0.25, 0.3) is 0 Å². The Morgan fingerprint density at radius 2 is 1.57 bits per heavy atom. The third-order valence-electron chi connectivity index (χ3n) is 2.24. The standard InChI is InChI=1S/C11H15Cl2N/c1-11(2,3)10(14)9-7(12)5-4-6-8(9)13/h4-6,10H,14H2,1-3H3/t10-/m1/s1. The quantitative estimate of drug-likeness (QED) is 0.776. The van der Waals surface area contributed by atoms with Crippen LogP contribution in [0.4, 0.5) is 0 Å². The van der Waals surface area contributed by atoms with E-state index in [9.17, 15) is 0 Å². The van der Waals surface area contributed by atoms with Gasteiger partial charge < -0.3 is 5.73 Å². The van der Waals surface area contributed by atoms with Crippen LogP contribution in [0.3, 0.4) is 0 Å². The van der Waals surface area contributed by atoms with Crippen LogP contribution >= 0.6 is 23.2 Å². The van der Waals surface area contributed by atoms with E-state index < -0.39 is 0 Å². The van der Waals surface area contributed by atoms with Gasteiger partial charge in [0.1, 0.15) is 0 Å². The second-order valence-corrected chi connectivity index (χ2v) is 5.29. The number of hydrogen-bond acceptors (Lipinski definition) is 1. The third kappa shape index (κ3) is 2.41. The molecule has 0 aliphatic rings. The monoisotopic (exact) mass is 231 g/mol. The van der Waals surface area contributed by atoms with E-state index in [0.29, 0.717) is 10.0 Å². The molecule has 2 N–H and O–H groups in total. The maximum Gasteiger partial charge on any atom is 0.0468 e. The number of benzene rings is 1. The van der Waals surface area contributed by atoms with Gasteiger partial charge in [-0.2, -0.15) is 0 Å². The highest BCUT2D eigenvalue weighted by Gasteiger charge is 2.25. The maximum absolute atomic E-state index is 6.10. The Labute approximate surface area is 95.2 Å². The molecule has 78 valence electrons. The van der Waals surface area contributed by atoms with E-state index in [1.165, 1.54) is 0 Å². The van der Waals surface area contributed by atoms with Crippen LogP contribution < -0.4 is 5.73 Å². The third-order valence-corrected chi connectivity index (χ3v) is 2.90. The maximum atomic E-state index is 6.10. The summed E-state index contributed by atoms with van der Waals surface area (Å²) in [6.07, 6.45) is 0. The summed E-state index contributed by atoms with van der Waals surface area (Å²) in [5, 5.41) is 1.28. The molecule has 1 aromatic carbocycles. The lowest BCUT2D eigenvalue weighted by Crippen LogP contribution is -2.26. The molecule has 0 saturated heterocycles. The van der Waals surface area contributed by atoms with Crippen LogP contribution in [0.5, 0.6) is 0 Å². The van der Waals surface area contributed by atoms with Gasteiger partial charge in [0.15, 0.2) is 0 Å². The van der Waals surface area contributed by atoms with E-state index in [1.807, 2.05) is 18.2 Å². The average molecular weight is 232 g/mol. The fourth-order valence-corrected chi connectivity index (χ4v) is 1.87. The van der Waals surface area contributed by atoms with Gasteiger partial charge in [0.25, 0.3) is 0 Å². The van der Waals surface area contributed by atoms with Gasteiger partial charge in [-0.3, -0.25) is 0 Å². The van der Waals surface area contributed by atoms with Gasteiger partial charge in [-0.25, -0.2) is 0 Å². The average Bonchev–Trinajstić information content (AvgIpc) is 2.01. The minimum atomic E-state index is -0.149. The predicted molar refractivity (Wildman–Crippen MR) is 62.8 cm³/mol. The zero-order valence-corrected chi connectivity index (χ0v) is 10.2. The Morgan fingerprint density at radius 3 is 1.93 bits per heavy atom. The Morgan fingerprint density at radius 1 is 1.14 bits per heavy atom. The first-order valence-electron chi connectivity index (χ1n) is 4.53. The minimum absolute atomic E-state index is 0.0470. The summed E-state index contributed by atoms with van der Waals surface area (Å²) in [7, 11) is 0. The lowest BCUT2D eigenvalue weighted by molar-refractivity contribution is 0.327. The van der Waals surface area contributed by atoms with Crippen LogP contribution in [0, 0.1) is 5.41 Å². The number of hydrogen-bond donors (Lipinski definition) is 1. The molecule has 0 radical (unpaired) electrons. The molecule has 0 spiro atoms. The molecule has 0 bridgehead atoms. The Hall–Kier alpha value is -0.240. The molecule has 0 aliphatic carbocycles. The summed E-state index contributed by atoms with van der Waals surface area (Å²) < 4.78 is 0. The van der Waals surface area contributed by atoms with Crippen molar-refractivity contribution in [2.75, 3.05) is 0 Å². The summed E-state index contributed by atoms with van der Waals surface area (Å²) in [6, 6.07) is 5.30. The van der Waals surface area contributed by atoms with E-state index in [4.69, 9.17) is 28.9 Å². The molecular formula is C11H15Cl2N. The Balaban J connectivity index is 3.19. The van der Waals surface area contributed by atoms with E-state index >= 15 is 0 Å². The van der Waals surface area contributed by atoms with Crippen molar-refractivity contribution in [2.24, 2.45) is 11.1 Å². The highest BCUT2D eigenvalue weighted by atomic mass is 35.5. The largest absolute Gasteiger partial charge is 0.323 e. The zero-order valence-electron chi connectivity index (χ0n) is 8.64. The topological polar surface area (TPSA) is 26.0 Å². The fraction of sp³-hybridized carbons (Fsp3) is 0.455. The lowest BCUT2D eigenvalue weighted by atomic mass is 9.83. The summed E-state index contributed by atoms with van der Waals surface area (Å²) >= 11 is 12.1. The normalized spacial score (nSPS) is 14.1. The lowest BCUT2D eigenvalue weighted by Gasteiger charge is -2.28. The van der Waals surface area contributed by atoms with Crippen LogP contribution in [0.15, 0.2) is 18.2 Å². The first-order chi connectivity index (χ1) is 6.34. The molecule has 0 aliphatic heterocycles. The van der Waals surface area contributed by atoms with Crippen molar-refractivity contribution < 1.29 is 0 Å². The summed E-state index contributed by atoms with van der Waals surface area (Å²) in [6.45, 7) is 6.20. The van der Waals surface area contributed by atoms with E-state index in [2.05, 4.69) is 20.8 Å². The van der Waals surface area contributed by atoms with Crippen LogP contribution in [0.1, 0.15) is 32.4 Å². The molecule has 0 unspecified atom stereocenters.